The van der Waals surface area contributed by atoms with Crippen molar-refractivity contribution in [1.29, 1.82) is 0 Å². The molecule has 4 heteroatoms. The number of rotatable bonds is 3. The van der Waals surface area contributed by atoms with Gasteiger partial charge in [0, 0.05) is 12.4 Å². The highest BCUT2D eigenvalue weighted by Crippen LogP contribution is 2.20. The predicted molar refractivity (Wildman–Crippen MR) is 66.0 cm³/mol. The fraction of sp³-hybridized carbons (Fsp3) is 0.385. The van der Waals surface area contributed by atoms with Crippen molar-refractivity contribution in [2.75, 3.05) is 6.61 Å². The monoisotopic (exact) mass is 232 g/mol. The third-order valence-electron chi connectivity index (χ3n) is 2.77. The van der Waals surface area contributed by atoms with E-state index < -0.39 is 0 Å². The Bertz CT molecular complexity index is 558. The van der Waals surface area contributed by atoms with Crippen LogP contribution in [-0.2, 0) is 18.2 Å². The number of esters is 1. The maximum atomic E-state index is 11.6. The fourth-order valence-corrected chi connectivity index (χ4v) is 1.94. The van der Waals surface area contributed by atoms with Crippen molar-refractivity contribution >= 4 is 16.9 Å². The number of carbonyl (C=O) groups excluding carboxylic acids is 1. The number of ether oxygens (including phenoxy) is 1. The number of nitrogens with zero attached hydrogens (tertiary/aromatic N) is 2. The molecule has 0 aliphatic carbocycles. The molecule has 4 nitrogen and oxygen atoms in total. The molecular formula is C13H16N2O2. The smallest absolute Gasteiger partial charge is 0.338 e. The summed E-state index contributed by atoms with van der Waals surface area (Å²) in [6, 6.07) is 5.55. The summed E-state index contributed by atoms with van der Waals surface area (Å²) in [4.78, 5) is 11.6. The van der Waals surface area contributed by atoms with Gasteiger partial charge in [-0.15, -0.1) is 0 Å². The molecule has 0 radical (unpaired) electrons. The van der Waals surface area contributed by atoms with Gasteiger partial charge in [0.1, 0.15) is 0 Å². The summed E-state index contributed by atoms with van der Waals surface area (Å²) in [5.41, 5.74) is 2.63. The van der Waals surface area contributed by atoms with Crippen LogP contribution in [0.4, 0.5) is 0 Å². The minimum Gasteiger partial charge on any atom is -0.462 e. The summed E-state index contributed by atoms with van der Waals surface area (Å²) in [5, 5.41) is 5.45. The molecule has 1 heterocycles. The van der Waals surface area contributed by atoms with Crippen LogP contribution in [0.25, 0.3) is 10.9 Å². The van der Waals surface area contributed by atoms with Gasteiger partial charge in [-0.3, -0.25) is 4.68 Å². The van der Waals surface area contributed by atoms with E-state index in [0.29, 0.717) is 12.2 Å². The zero-order chi connectivity index (χ0) is 12.4. The van der Waals surface area contributed by atoms with E-state index in [2.05, 4.69) is 12.0 Å². The van der Waals surface area contributed by atoms with Gasteiger partial charge < -0.3 is 4.74 Å². The van der Waals surface area contributed by atoms with E-state index in [9.17, 15) is 4.79 Å². The molecule has 0 N–H and O–H groups in total. The molecule has 0 atom stereocenters. The highest BCUT2D eigenvalue weighted by atomic mass is 16.5. The first-order chi connectivity index (χ1) is 8.17. The molecule has 90 valence electrons. The minimum atomic E-state index is -0.277. The van der Waals surface area contributed by atoms with Gasteiger partial charge in [0.15, 0.2) is 0 Å². The topological polar surface area (TPSA) is 44.1 Å². The number of fused-ring (bicyclic) bond motifs is 1. The second-order valence-corrected chi connectivity index (χ2v) is 3.88. The third-order valence-corrected chi connectivity index (χ3v) is 2.77. The average Bonchev–Trinajstić information content (AvgIpc) is 2.66. The predicted octanol–water partition coefficient (Wildman–Crippen LogP) is 2.31. The Morgan fingerprint density at radius 2 is 2.18 bits per heavy atom. The van der Waals surface area contributed by atoms with E-state index in [4.69, 9.17) is 4.74 Å². The molecule has 0 spiro atoms. The maximum absolute atomic E-state index is 11.6. The van der Waals surface area contributed by atoms with Crippen LogP contribution in [0.15, 0.2) is 18.2 Å². The summed E-state index contributed by atoms with van der Waals surface area (Å²) < 4.78 is 6.83. The average molecular weight is 232 g/mol. The van der Waals surface area contributed by atoms with Crippen LogP contribution < -0.4 is 0 Å². The van der Waals surface area contributed by atoms with Crippen molar-refractivity contribution in [2.24, 2.45) is 7.05 Å². The Balaban J connectivity index is 2.52. The number of carbonyl (C=O) groups is 1. The van der Waals surface area contributed by atoms with Gasteiger partial charge >= 0.3 is 5.97 Å². The molecule has 17 heavy (non-hydrogen) atoms. The quantitative estimate of drug-likeness (QED) is 0.763. The molecule has 2 aromatic rings. The molecule has 0 saturated heterocycles. The van der Waals surface area contributed by atoms with Crippen molar-refractivity contribution in [3.63, 3.8) is 0 Å². The van der Waals surface area contributed by atoms with Crippen molar-refractivity contribution in [3.8, 4) is 0 Å². The summed E-state index contributed by atoms with van der Waals surface area (Å²) in [5.74, 6) is -0.277. The lowest BCUT2D eigenvalue weighted by atomic mass is 10.1. The second kappa shape index (κ2) is 4.57. The van der Waals surface area contributed by atoms with Crippen LogP contribution in [-0.4, -0.2) is 22.4 Å². The normalized spacial score (nSPS) is 10.8. The standard InChI is InChI=1S/C13H16N2O2/c1-4-11-10-8-9(13(16)17-5-2)6-7-12(10)15(3)14-11/h6-8H,4-5H2,1-3H3. The number of benzene rings is 1. The Morgan fingerprint density at radius 3 is 2.82 bits per heavy atom. The number of aryl methyl sites for hydroxylation is 2. The Kier molecular flexibility index (Phi) is 3.13. The van der Waals surface area contributed by atoms with Crippen LogP contribution in [0.3, 0.4) is 0 Å². The largest absolute Gasteiger partial charge is 0.462 e. The van der Waals surface area contributed by atoms with E-state index in [1.54, 1.807) is 13.0 Å². The van der Waals surface area contributed by atoms with E-state index in [-0.39, 0.29) is 5.97 Å². The van der Waals surface area contributed by atoms with Gasteiger partial charge in [-0.1, -0.05) is 6.92 Å². The van der Waals surface area contributed by atoms with Crippen LogP contribution in [0.2, 0.25) is 0 Å². The van der Waals surface area contributed by atoms with E-state index >= 15 is 0 Å². The number of hydrogen-bond donors (Lipinski definition) is 0. The first kappa shape index (κ1) is 11.6. The lowest BCUT2D eigenvalue weighted by molar-refractivity contribution is 0.0526. The van der Waals surface area contributed by atoms with Gasteiger partial charge in [-0.25, -0.2) is 4.79 Å². The molecule has 0 amide bonds. The first-order valence-electron chi connectivity index (χ1n) is 5.80. The molecule has 1 aromatic carbocycles. The molecule has 0 fully saturated rings. The number of aromatic nitrogens is 2. The molecule has 0 aliphatic heterocycles. The zero-order valence-corrected chi connectivity index (χ0v) is 10.4. The van der Waals surface area contributed by atoms with Crippen molar-refractivity contribution in [3.05, 3.63) is 29.5 Å². The molecule has 0 aliphatic rings. The Hall–Kier alpha value is -1.84. The molecule has 1 aromatic heterocycles. The molecule has 0 bridgehead atoms. The number of hydrogen-bond acceptors (Lipinski definition) is 3. The Morgan fingerprint density at radius 1 is 1.41 bits per heavy atom. The zero-order valence-electron chi connectivity index (χ0n) is 10.4. The lowest BCUT2D eigenvalue weighted by Crippen LogP contribution is -2.04. The van der Waals surface area contributed by atoms with Gasteiger partial charge in [0.25, 0.3) is 0 Å². The summed E-state index contributed by atoms with van der Waals surface area (Å²) in [6.45, 7) is 4.25. The van der Waals surface area contributed by atoms with Crippen LogP contribution >= 0.6 is 0 Å². The van der Waals surface area contributed by atoms with Crippen LogP contribution in [0, 0.1) is 0 Å². The Labute approximate surface area is 100 Å². The fourth-order valence-electron chi connectivity index (χ4n) is 1.94. The van der Waals surface area contributed by atoms with Gasteiger partial charge in [-0.2, -0.15) is 5.10 Å². The SMILES string of the molecule is CCOC(=O)c1ccc2c(c1)c(CC)nn2C. The third kappa shape index (κ3) is 2.02. The highest BCUT2D eigenvalue weighted by molar-refractivity contribution is 5.95. The molecule has 0 saturated carbocycles. The van der Waals surface area contributed by atoms with E-state index in [0.717, 1.165) is 23.0 Å². The van der Waals surface area contributed by atoms with E-state index in [1.165, 1.54) is 0 Å². The van der Waals surface area contributed by atoms with Crippen molar-refractivity contribution in [2.45, 2.75) is 20.3 Å². The minimum absolute atomic E-state index is 0.277. The van der Waals surface area contributed by atoms with E-state index in [1.807, 2.05) is 23.9 Å². The lowest BCUT2D eigenvalue weighted by Gasteiger charge is -2.02. The van der Waals surface area contributed by atoms with Crippen LogP contribution in [0.1, 0.15) is 29.9 Å². The van der Waals surface area contributed by atoms with Gasteiger partial charge in [0.2, 0.25) is 0 Å². The summed E-state index contributed by atoms with van der Waals surface area (Å²) >= 11 is 0. The molecular weight excluding hydrogens is 216 g/mol. The van der Waals surface area contributed by atoms with Gasteiger partial charge in [-0.05, 0) is 31.5 Å². The molecule has 0 unspecified atom stereocenters. The first-order valence-corrected chi connectivity index (χ1v) is 5.80. The summed E-state index contributed by atoms with van der Waals surface area (Å²) in [6.07, 6.45) is 0.851. The van der Waals surface area contributed by atoms with Crippen molar-refractivity contribution in [1.82, 2.24) is 9.78 Å². The summed E-state index contributed by atoms with van der Waals surface area (Å²) in [7, 11) is 1.91. The second-order valence-electron chi connectivity index (χ2n) is 3.88. The van der Waals surface area contributed by atoms with Gasteiger partial charge in [0.05, 0.1) is 23.4 Å². The molecule has 2 rings (SSSR count). The van der Waals surface area contributed by atoms with Crippen molar-refractivity contribution < 1.29 is 9.53 Å². The highest BCUT2D eigenvalue weighted by Gasteiger charge is 2.11. The maximum Gasteiger partial charge on any atom is 0.338 e. The van der Waals surface area contributed by atoms with Crippen LogP contribution in [0.5, 0.6) is 0 Å².